The molecule has 1 amide bonds. The summed E-state index contributed by atoms with van der Waals surface area (Å²) in [6.45, 7) is 5.85. The van der Waals surface area contributed by atoms with Crippen molar-refractivity contribution in [3.05, 3.63) is 186 Å². The van der Waals surface area contributed by atoms with Crippen LogP contribution in [-0.4, -0.2) is 11.2 Å². The molecule has 1 aliphatic rings. The molecule has 0 unspecified atom stereocenters. The van der Waals surface area contributed by atoms with Crippen molar-refractivity contribution >= 4 is 17.4 Å². The maximum absolute atomic E-state index is 12.7. The van der Waals surface area contributed by atoms with Crippen molar-refractivity contribution < 1.29 is 19.4 Å². The summed E-state index contributed by atoms with van der Waals surface area (Å²) < 4.78 is 11.5. The SMILES string of the molecule is C=C1C=C(C)c2ccc(NC(=O)OC(c3ccccc3)c3ccccc3)cc2O1.OC(c1ccccc1)c1ccccc1. The number of anilines is 1. The topological polar surface area (TPSA) is 67.8 Å². The molecule has 2 N–H and O–H groups in total. The largest absolute Gasteiger partial charge is 0.457 e. The summed E-state index contributed by atoms with van der Waals surface area (Å²) in [7, 11) is 0. The van der Waals surface area contributed by atoms with Crippen molar-refractivity contribution in [1.82, 2.24) is 0 Å². The third-order valence-corrected chi connectivity index (χ3v) is 6.93. The zero-order valence-corrected chi connectivity index (χ0v) is 23.9. The number of aliphatic hydroxyl groups excluding tert-OH is 1. The van der Waals surface area contributed by atoms with E-state index in [1.54, 1.807) is 6.07 Å². The Balaban J connectivity index is 0.000000220. The maximum Gasteiger partial charge on any atom is 0.412 e. The van der Waals surface area contributed by atoms with E-state index in [0.717, 1.165) is 33.4 Å². The number of carbonyl (C=O) groups excluding carboxylic acids is 1. The highest BCUT2D eigenvalue weighted by Crippen LogP contribution is 2.35. The lowest BCUT2D eigenvalue weighted by Crippen LogP contribution is -2.18. The Morgan fingerprint density at radius 3 is 1.67 bits per heavy atom. The van der Waals surface area contributed by atoms with Crippen molar-refractivity contribution in [2.75, 3.05) is 5.32 Å². The summed E-state index contributed by atoms with van der Waals surface area (Å²) >= 11 is 0. The standard InChI is InChI=1S/C25H21NO3.C13H12O/c1-17-15-18(2)28-23-16-21(13-14-22(17)23)26-25(27)29-24(19-9-5-3-6-10-19)20-11-7-4-8-12-20;14-13(11-7-3-1-4-8-11)12-9-5-2-6-10-12/h3-16,24H,2H2,1H3,(H,26,27);1-10,13-14H. The van der Waals surface area contributed by atoms with Gasteiger partial charge < -0.3 is 14.6 Å². The molecule has 5 nitrogen and oxygen atoms in total. The van der Waals surface area contributed by atoms with E-state index < -0.39 is 18.3 Å². The molecule has 43 heavy (non-hydrogen) atoms. The van der Waals surface area contributed by atoms with Gasteiger partial charge in [-0.2, -0.15) is 0 Å². The highest BCUT2D eigenvalue weighted by molar-refractivity contribution is 5.86. The van der Waals surface area contributed by atoms with E-state index in [1.807, 2.05) is 146 Å². The molecular weight excluding hydrogens is 534 g/mol. The molecule has 0 saturated carbocycles. The number of nitrogens with one attached hydrogen (secondary N) is 1. The van der Waals surface area contributed by atoms with Crippen LogP contribution < -0.4 is 10.1 Å². The number of hydrogen-bond donors (Lipinski definition) is 2. The molecule has 0 radical (unpaired) electrons. The lowest BCUT2D eigenvalue weighted by atomic mass is 10.0. The fourth-order valence-electron chi connectivity index (χ4n) is 4.80. The van der Waals surface area contributed by atoms with Gasteiger partial charge >= 0.3 is 6.09 Å². The third-order valence-electron chi connectivity index (χ3n) is 6.93. The molecule has 0 atom stereocenters. The van der Waals surface area contributed by atoms with Crippen LogP contribution >= 0.6 is 0 Å². The Bertz CT molecular complexity index is 1610. The fourth-order valence-corrected chi connectivity index (χ4v) is 4.80. The average Bonchev–Trinajstić information content (AvgIpc) is 3.05. The first-order valence-corrected chi connectivity index (χ1v) is 14.0. The fraction of sp³-hybridized carbons (Fsp3) is 0.0789. The van der Waals surface area contributed by atoms with E-state index in [0.29, 0.717) is 17.2 Å². The number of allylic oxidation sites excluding steroid dienone is 2. The molecule has 0 fully saturated rings. The van der Waals surface area contributed by atoms with E-state index in [1.165, 1.54) is 0 Å². The van der Waals surface area contributed by atoms with Gasteiger partial charge in [0, 0.05) is 17.3 Å². The van der Waals surface area contributed by atoms with E-state index in [9.17, 15) is 9.90 Å². The molecule has 6 rings (SSSR count). The van der Waals surface area contributed by atoms with Gasteiger partial charge in [0.2, 0.25) is 0 Å². The van der Waals surface area contributed by atoms with Crippen LogP contribution in [0.2, 0.25) is 0 Å². The predicted octanol–water partition coefficient (Wildman–Crippen LogP) is 9.10. The molecule has 0 saturated heterocycles. The van der Waals surface area contributed by atoms with E-state index >= 15 is 0 Å². The average molecular weight is 568 g/mol. The quantitative estimate of drug-likeness (QED) is 0.215. The molecule has 1 aliphatic heterocycles. The molecule has 0 spiro atoms. The first-order valence-electron chi connectivity index (χ1n) is 14.0. The van der Waals surface area contributed by atoms with Crippen LogP contribution in [0.3, 0.4) is 0 Å². The molecular formula is C38H33NO4. The lowest BCUT2D eigenvalue weighted by Gasteiger charge is -2.20. The summed E-state index contributed by atoms with van der Waals surface area (Å²) in [6, 6.07) is 44.2. The Kier molecular flexibility index (Phi) is 9.47. The zero-order valence-electron chi connectivity index (χ0n) is 23.9. The summed E-state index contributed by atoms with van der Waals surface area (Å²) in [4.78, 5) is 12.7. The highest BCUT2D eigenvalue weighted by atomic mass is 16.6. The number of fused-ring (bicyclic) bond motifs is 1. The van der Waals surface area contributed by atoms with Crippen molar-refractivity contribution in [1.29, 1.82) is 0 Å². The van der Waals surface area contributed by atoms with Gasteiger partial charge in [0.1, 0.15) is 17.6 Å². The Hall–Kier alpha value is -5.39. The maximum atomic E-state index is 12.7. The molecule has 5 aromatic carbocycles. The second-order valence-corrected chi connectivity index (χ2v) is 10.1. The molecule has 5 aromatic rings. The van der Waals surface area contributed by atoms with Gasteiger partial charge in [-0.25, -0.2) is 4.79 Å². The molecule has 5 heteroatoms. The second kappa shape index (κ2) is 14.0. The number of hydrogen-bond acceptors (Lipinski definition) is 4. The minimum absolute atomic E-state index is 0.503. The van der Waals surface area contributed by atoms with E-state index in [2.05, 4.69) is 11.9 Å². The molecule has 0 bridgehead atoms. The summed E-state index contributed by atoms with van der Waals surface area (Å²) in [5.41, 5.74) is 6.30. The number of carbonyl (C=O) groups is 1. The van der Waals surface area contributed by atoms with Crippen molar-refractivity contribution in [3.63, 3.8) is 0 Å². The number of ether oxygens (including phenoxy) is 2. The van der Waals surface area contributed by atoms with Crippen molar-refractivity contribution in [3.8, 4) is 5.75 Å². The number of aliphatic hydroxyl groups is 1. The summed E-state index contributed by atoms with van der Waals surface area (Å²) in [5, 5.41) is 12.8. The molecule has 1 heterocycles. The van der Waals surface area contributed by atoms with Crippen LogP contribution in [0.4, 0.5) is 10.5 Å². The van der Waals surface area contributed by atoms with Crippen LogP contribution in [0.25, 0.3) is 5.57 Å². The highest BCUT2D eigenvalue weighted by Gasteiger charge is 2.20. The molecule has 214 valence electrons. The smallest absolute Gasteiger partial charge is 0.412 e. The van der Waals surface area contributed by atoms with Crippen LogP contribution in [-0.2, 0) is 4.74 Å². The van der Waals surface area contributed by atoms with Gasteiger partial charge in [-0.3, -0.25) is 5.32 Å². The van der Waals surface area contributed by atoms with E-state index in [-0.39, 0.29) is 0 Å². The third kappa shape index (κ3) is 7.67. The Labute approximate surface area is 252 Å². The van der Waals surface area contributed by atoms with Gasteiger partial charge in [-0.05, 0) is 53.0 Å². The monoisotopic (exact) mass is 567 g/mol. The van der Waals surface area contributed by atoms with Gasteiger partial charge in [-0.15, -0.1) is 0 Å². The lowest BCUT2D eigenvalue weighted by molar-refractivity contribution is 0.131. The Morgan fingerprint density at radius 1 is 0.721 bits per heavy atom. The number of benzene rings is 5. The normalized spacial score (nSPS) is 11.9. The molecule has 0 aliphatic carbocycles. The van der Waals surface area contributed by atoms with Crippen LogP contribution in [0.1, 0.15) is 46.9 Å². The van der Waals surface area contributed by atoms with E-state index in [4.69, 9.17) is 9.47 Å². The van der Waals surface area contributed by atoms with Crippen LogP contribution in [0.15, 0.2) is 158 Å². The Morgan fingerprint density at radius 2 is 1.19 bits per heavy atom. The minimum atomic E-state index is -0.537. The van der Waals surface area contributed by atoms with Gasteiger partial charge in [0.25, 0.3) is 0 Å². The molecule has 0 aromatic heterocycles. The van der Waals surface area contributed by atoms with Crippen molar-refractivity contribution in [2.24, 2.45) is 0 Å². The number of rotatable bonds is 6. The second-order valence-electron chi connectivity index (χ2n) is 10.1. The summed E-state index contributed by atoms with van der Waals surface area (Å²) in [5.74, 6) is 1.23. The van der Waals surface area contributed by atoms with Gasteiger partial charge in [-0.1, -0.05) is 128 Å². The minimum Gasteiger partial charge on any atom is -0.457 e. The first-order chi connectivity index (χ1) is 21.0. The van der Waals surface area contributed by atoms with Gasteiger partial charge in [0.05, 0.1) is 0 Å². The predicted molar refractivity (Wildman–Crippen MR) is 172 cm³/mol. The first kappa shape index (κ1) is 29.1. The van der Waals surface area contributed by atoms with Crippen molar-refractivity contribution in [2.45, 2.75) is 19.1 Å². The number of amides is 1. The van der Waals surface area contributed by atoms with Crippen LogP contribution in [0.5, 0.6) is 5.75 Å². The van der Waals surface area contributed by atoms with Crippen LogP contribution in [0, 0.1) is 0 Å². The zero-order chi connectivity index (χ0) is 30.0. The van der Waals surface area contributed by atoms with Gasteiger partial charge in [0.15, 0.2) is 6.10 Å². The summed E-state index contributed by atoms with van der Waals surface area (Å²) in [6.07, 6.45) is 0.326.